The van der Waals surface area contributed by atoms with Crippen molar-refractivity contribution in [3.63, 3.8) is 0 Å². The number of fused-ring (bicyclic) bond motifs is 3. The number of halogens is 2. The van der Waals surface area contributed by atoms with Gasteiger partial charge in [-0.25, -0.2) is 0 Å². The molecule has 9 heteroatoms. The van der Waals surface area contributed by atoms with E-state index in [2.05, 4.69) is 59.3 Å². The molecule has 0 saturated carbocycles. The van der Waals surface area contributed by atoms with Gasteiger partial charge < -0.3 is 15.2 Å². The molecule has 0 bridgehead atoms. The lowest BCUT2D eigenvalue weighted by Gasteiger charge is -2.20. The molecule has 2 heterocycles. The number of unbranched alkanes of at least 4 members (excludes halogenated alkanes) is 2. The lowest BCUT2D eigenvalue weighted by atomic mass is 10.1. The summed E-state index contributed by atoms with van der Waals surface area (Å²) < 4.78 is 7.43. The largest absolute Gasteiger partial charge is 0.506 e. The van der Waals surface area contributed by atoms with Crippen LogP contribution in [0.25, 0.3) is 11.3 Å². The van der Waals surface area contributed by atoms with Gasteiger partial charge in [-0.05, 0) is 56.5 Å². The summed E-state index contributed by atoms with van der Waals surface area (Å²) in [5, 5.41) is 22.8. The van der Waals surface area contributed by atoms with Crippen molar-refractivity contribution in [2.24, 2.45) is 0 Å². The van der Waals surface area contributed by atoms with Gasteiger partial charge in [0, 0.05) is 22.6 Å². The second kappa shape index (κ2) is 9.53. The number of phenolic OH excluding ortho intramolecular Hbond substituents is 1. The number of phenols is 1. The number of anilines is 1. The van der Waals surface area contributed by atoms with Crippen LogP contribution in [0.2, 0.25) is 0 Å². The van der Waals surface area contributed by atoms with Crippen molar-refractivity contribution < 1.29 is 9.84 Å². The molecule has 1 atom stereocenters. The van der Waals surface area contributed by atoms with Crippen LogP contribution in [-0.2, 0) is 0 Å². The molecule has 156 valence electrons. The van der Waals surface area contributed by atoms with Gasteiger partial charge in [0.2, 0.25) is 11.0 Å². The quantitative estimate of drug-likeness (QED) is 0.265. The van der Waals surface area contributed by atoms with Gasteiger partial charge >= 0.3 is 0 Å². The summed E-state index contributed by atoms with van der Waals surface area (Å²) in [6.07, 6.45) is 2.96. The summed E-state index contributed by atoms with van der Waals surface area (Å²) in [5.41, 5.74) is 3.19. The van der Waals surface area contributed by atoms with Crippen molar-refractivity contribution in [3.05, 3.63) is 50.9 Å². The fourth-order valence-electron chi connectivity index (χ4n) is 3.11. The average molecular weight is 552 g/mol. The van der Waals surface area contributed by atoms with Crippen molar-refractivity contribution in [1.82, 2.24) is 15.2 Å². The second-order valence-electron chi connectivity index (χ2n) is 6.82. The zero-order valence-electron chi connectivity index (χ0n) is 16.2. The van der Waals surface area contributed by atoms with E-state index in [-0.39, 0.29) is 5.75 Å². The first-order chi connectivity index (χ1) is 14.6. The van der Waals surface area contributed by atoms with Crippen LogP contribution >= 0.6 is 43.6 Å². The topological polar surface area (TPSA) is 80.2 Å². The maximum atomic E-state index is 10.1. The highest BCUT2D eigenvalue weighted by atomic mass is 79.9. The second-order valence-corrected chi connectivity index (χ2v) is 9.60. The number of hydrogen-bond donors (Lipinski definition) is 2. The fourth-order valence-corrected chi connectivity index (χ4v) is 5.11. The summed E-state index contributed by atoms with van der Waals surface area (Å²) in [6, 6.07) is 11.5. The van der Waals surface area contributed by atoms with E-state index in [1.165, 1.54) is 12.8 Å². The maximum Gasteiger partial charge on any atom is 0.247 e. The molecule has 0 saturated heterocycles. The molecule has 1 unspecified atom stereocenters. The maximum absolute atomic E-state index is 10.1. The Labute approximate surface area is 196 Å². The van der Waals surface area contributed by atoms with Crippen LogP contribution in [0.3, 0.4) is 0 Å². The van der Waals surface area contributed by atoms with E-state index < -0.39 is 6.23 Å². The fraction of sp³-hybridized carbons (Fsp3) is 0.286. The smallest absolute Gasteiger partial charge is 0.247 e. The first-order valence-corrected chi connectivity index (χ1v) is 12.2. The molecule has 0 amide bonds. The highest BCUT2D eigenvalue weighted by Gasteiger charge is 2.27. The van der Waals surface area contributed by atoms with Crippen LogP contribution in [0, 0.1) is 0 Å². The number of para-hydroxylation sites is 1. The molecule has 1 aliphatic heterocycles. The Morgan fingerprint density at radius 1 is 1.13 bits per heavy atom. The Morgan fingerprint density at radius 3 is 2.67 bits per heavy atom. The van der Waals surface area contributed by atoms with E-state index >= 15 is 0 Å². The zero-order valence-corrected chi connectivity index (χ0v) is 20.2. The minimum atomic E-state index is -0.518. The molecule has 1 aromatic heterocycles. The number of ether oxygens (including phenoxy) is 1. The molecule has 1 aliphatic rings. The van der Waals surface area contributed by atoms with Gasteiger partial charge in [0.25, 0.3) is 0 Å². The average Bonchev–Trinajstić information content (AvgIpc) is 2.91. The number of thioether (sulfide) groups is 1. The standard InChI is InChI=1S/C21H20Br2N4O2S/c1-2-3-6-9-30-21-25-20-17(26-27-21)13-7-4-5-8-16(13)24-19(29-20)12-10-14(22)18(28)15(23)11-12/h4-5,7-8,10-11,19,24,28H,2-3,6,9H2,1H3. The lowest BCUT2D eigenvalue weighted by molar-refractivity contribution is 0.225. The van der Waals surface area contributed by atoms with Gasteiger partial charge in [-0.2, -0.15) is 4.98 Å². The molecule has 0 spiro atoms. The van der Waals surface area contributed by atoms with Crippen LogP contribution < -0.4 is 10.1 Å². The van der Waals surface area contributed by atoms with Gasteiger partial charge in [-0.3, -0.25) is 0 Å². The van der Waals surface area contributed by atoms with Crippen molar-refractivity contribution >= 4 is 49.3 Å². The normalized spacial score (nSPS) is 14.8. The zero-order chi connectivity index (χ0) is 21.1. The summed E-state index contributed by atoms with van der Waals surface area (Å²) in [5.74, 6) is 1.53. The minimum Gasteiger partial charge on any atom is -0.506 e. The number of aromatic nitrogens is 3. The Balaban J connectivity index is 1.71. The third kappa shape index (κ3) is 4.58. The van der Waals surface area contributed by atoms with Crippen LogP contribution in [0.4, 0.5) is 5.69 Å². The molecular weight excluding hydrogens is 532 g/mol. The lowest BCUT2D eigenvalue weighted by Crippen LogP contribution is -2.17. The highest BCUT2D eigenvalue weighted by molar-refractivity contribution is 9.11. The van der Waals surface area contributed by atoms with Gasteiger partial charge in [-0.15, -0.1) is 10.2 Å². The first-order valence-electron chi connectivity index (χ1n) is 9.65. The van der Waals surface area contributed by atoms with Crippen molar-refractivity contribution in [3.8, 4) is 22.9 Å². The SMILES string of the molecule is CCCCCSc1nnc2c(n1)OC(c1cc(Br)c(O)c(Br)c1)Nc1ccccc1-2. The molecule has 6 nitrogen and oxygen atoms in total. The molecule has 3 aromatic rings. The van der Waals surface area contributed by atoms with E-state index in [9.17, 15) is 5.11 Å². The van der Waals surface area contributed by atoms with Crippen LogP contribution in [0.1, 0.15) is 38.0 Å². The minimum absolute atomic E-state index is 0.142. The predicted octanol–water partition coefficient (Wildman–Crippen LogP) is 6.55. The number of hydrogen-bond acceptors (Lipinski definition) is 7. The summed E-state index contributed by atoms with van der Waals surface area (Å²) in [7, 11) is 0. The van der Waals surface area contributed by atoms with Gasteiger partial charge in [0.1, 0.15) is 5.75 Å². The van der Waals surface area contributed by atoms with E-state index in [1.54, 1.807) is 11.8 Å². The van der Waals surface area contributed by atoms with Crippen LogP contribution in [0.15, 0.2) is 50.5 Å². The molecule has 2 N–H and O–H groups in total. The summed E-state index contributed by atoms with van der Waals surface area (Å²) >= 11 is 8.38. The van der Waals surface area contributed by atoms with Crippen LogP contribution in [0.5, 0.6) is 11.6 Å². The van der Waals surface area contributed by atoms with E-state index in [0.29, 0.717) is 25.7 Å². The van der Waals surface area contributed by atoms with Gasteiger partial charge in [0.15, 0.2) is 11.9 Å². The number of rotatable bonds is 6. The van der Waals surface area contributed by atoms with E-state index in [0.717, 1.165) is 29.0 Å². The third-order valence-electron chi connectivity index (χ3n) is 4.65. The number of benzene rings is 2. The molecule has 0 radical (unpaired) electrons. The molecule has 2 aromatic carbocycles. The molecule has 0 fully saturated rings. The van der Waals surface area contributed by atoms with Crippen molar-refractivity contribution in [1.29, 1.82) is 0 Å². The number of aromatic hydroxyl groups is 1. The van der Waals surface area contributed by atoms with Gasteiger partial charge in [0.05, 0.1) is 8.95 Å². The highest BCUT2D eigenvalue weighted by Crippen LogP contribution is 2.41. The van der Waals surface area contributed by atoms with Crippen LogP contribution in [-0.4, -0.2) is 26.0 Å². The van der Waals surface area contributed by atoms with Gasteiger partial charge in [-0.1, -0.05) is 49.7 Å². The van der Waals surface area contributed by atoms with E-state index in [4.69, 9.17) is 4.74 Å². The molecule has 4 rings (SSSR count). The summed E-state index contributed by atoms with van der Waals surface area (Å²) in [6.45, 7) is 2.18. The monoisotopic (exact) mass is 550 g/mol. The molecular formula is C21H20Br2N4O2S. The molecule has 0 aliphatic carbocycles. The summed E-state index contributed by atoms with van der Waals surface area (Å²) in [4.78, 5) is 4.66. The molecule has 30 heavy (non-hydrogen) atoms. The number of nitrogens with zero attached hydrogens (tertiary/aromatic N) is 3. The first kappa shape index (κ1) is 21.4. The van der Waals surface area contributed by atoms with Crippen molar-refractivity contribution in [2.75, 3.05) is 11.1 Å². The van der Waals surface area contributed by atoms with E-state index in [1.807, 2.05) is 36.4 Å². The number of nitrogens with one attached hydrogen (secondary N) is 1. The van der Waals surface area contributed by atoms with Crippen molar-refractivity contribution in [2.45, 2.75) is 37.6 Å². The Kier molecular flexibility index (Phi) is 6.80. The third-order valence-corrected chi connectivity index (χ3v) is 6.79. The Hall–Kier alpha value is -1.84. The predicted molar refractivity (Wildman–Crippen MR) is 126 cm³/mol. The Morgan fingerprint density at radius 2 is 1.90 bits per heavy atom. The Bertz CT molecular complexity index is 1040.